The van der Waals surface area contributed by atoms with Gasteiger partial charge in [0.1, 0.15) is 5.15 Å². The largest absolute Gasteiger partial charge is 0.345 e. The van der Waals surface area contributed by atoms with E-state index in [9.17, 15) is 0 Å². The summed E-state index contributed by atoms with van der Waals surface area (Å²) in [4.78, 5) is 6.85. The number of nitrogens with one attached hydrogen (secondary N) is 1. The van der Waals surface area contributed by atoms with Gasteiger partial charge < -0.3 is 10.2 Å². The molecule has 0 saturated carbocycles. The van der Waals surface area contributed by atoms with Gasteiger partial charge >= 0.3 is 0 Å². The maximum absolute atomic E-state index is 5.93. The minimum absolute atomic E-state index is 0.625. The van der Waals surface area contributed by atoms with Crippen molar-refractivity contribution in [3.63, 3.8) is 0 Å². The van der Waals surface area contributed by atoms with Crippen LogP contribution < -0.4 is 10.2 Å². The quantitative estimate of drug-likeness (QED) is 0.916. The highest BCUT2D eigenvalue weighted by molar-refractivity contribution is 7.14. The van der Waals surface area contributed by atoms with Crippen molar-refractivity contribution in [1.82, 2.24) is 10.3 Å². The van der Waals surface area contributed by atoms with E-state index < -0.39 is 0 Å². The van der Waals surface area contributed by atoms with E-state index in [-0.39, 0.29) is 0 Å². The summed E-state index contributed by atoms with van der Waals surface area (Å²) in [5.74, 6) is 0. The van der Waals surface area contributed by atoms with Crippen LogP contribution in [0.3, 0.4) is 0 Å². The maximum atomic E-state index is 5.93. The first-order valence-electron chi connectivity index (χ1n) is 6.40. The summed E-state index contributed by atoms with van der Waals surface area (Å²) >= 11 is 7.59. The average Bonchev–Trinajstić information content (AvgIpc) is 2.87. The maximum Gasteiger partial charge on any atom is 0.186 e. The highest BCUT2D eigenvalue weighted by Gasteiger charge is 2.36. The zero-order valence-electron chi connectivity index (χ0n) is 10.0. The number of nitrogens with zero attached hydrogens (tertiary/aromatic N) is 2. The van der Waals surface area contributed by atoms with Crippen molar-refractivity contribution in [3.05, 3.63) is 10.5 Å². The second-order valence-corrected chi connectivity index (χ2v) is 6.23. The summed E-state index contributed by atoms with van der Waals surface area (Å²) in [7, 11) is 0. The van der Waals surface area contributed by atoms with E-state index in [1.807, 2.05) is 5.38 Å². The third kappa shape index (κ3) is 2.30. The average molecular weight is 272 g/mol. The number of piperidine rings is 1. The van der Waals surface area contributed by atoms with E-state index in [4.69, 9.17) is 11.6 Å². The molecule has 17 heavy (non-hydrogen) atoms. The number of halogens is 1. The van der Waals surface area contributed by atoms with E-state index >= 15 is 0 Å². The number of hydrogen-bond donors (Lipinski definition) is 1. The van der Waals surface area contributed by atoms with Gasteiger partial charge in [-0.25, -0.2) is 4.98 Å². The Balaban J connectivity index is 1.77. The lowest BCUT2D eigenvalue weighted by Gasteiger charge is -2.37. The van der Waals surface area contributed by atoms with Crippen LogP contribution in [-0.2, 0) is 0 Å². The van der Waals surface area contributed by atoms with E-state index in [0.29, 0.717) is 11.2 Å². The molecule has 0 amide bonds. The Morgan fingerprint density at radius 1 is 1.47 bits per heavy atom. The Morgan fingerprint density at radius 2 is 2.18 bits per heavy atom. The van der Waals surface area contributed by atoms with Gasteiger partial charge in [0.05, 0.1) is 0 Å². The molecule has 2 unspecified atom stereocenters. The standard InChI is InChI=1S/C12H18ClN3S/c1-2-16(12-15-11(13)7-17-12)10-5-8-3-4-9(6-10)14-8/h7-10,14H,2-6H2,1H3. The normalized spacial score (nSPS) is 31.8. The van der Waals surface area contributed by atoms with Crippen molar-refractivity contribution in [2.45, 2.75) is 50.7 Å². The minimum Gasteiger partial charge on any atom is -0.345 e. The first-order valence-corrected chi connectivity index (χ1v) is 7.65. The zero-order valence-corrected chi connectivity index (χ0v) is 11.6. The number of hydrogen-bond acceptors (Lipinski definition) is 4. The predicted octanol–water partition coefficient (Wildman–Crippen LogP) is 2.91. The van der Waals surface area contributed by atoms with Crippen LogP contribution in [0.25, 0.3) is 0 Å². The molecule has 3 heterocycles. The molecule has 2 fully saturated rings. The van der Waals surface area contributed by atoms with Crippen molar-refractivity contribution in [2.24, 2.45) is 0 Å². The number of aromatic nitrogens is 1. The molecule has 0 spiro atoms. The Morgan fingerprint density at radius 3 is 2.71 bits per heavy atom. The van der Waals surface area contributed by atoms with Crippen LogP contribution in [0.15, 0.2) is 5.38 Å². The van der Waals surface area contributed by atoms with Crippen molar-refractivity contribution in [3.8, 4) is 0 Å². The molecule has 2 bridgehead atoms. The molecule has 5 heteroatoms. The summed E-state index contributed by atoms with van der Waals surface area (Å²) in [6.45, 7) is 3.23. The lowest BCUT2D eigenvalue weighted by Crippen LogP contribution is -2.48. The van der Waals surface area contributed by atoms with Gasteiger partial charge in [-0.15, -0.1) is 11.3 Å². The fourth-order valence-electron chi connectivity index (χ4n) is 3.21. The third-order valence-electron chi connectivity index (χ3n) is 3.94. The van der Waals surface area contributed by atoms with Gasteiger partial charge in [0, 0.05) is 30.1 Å². The van der Waals surface area contributed by atoms with E-state index in [1.165, 1.54) is 25.7 Å². The van der Waals surface area contributed by atoms with E-state index in [0.717, 1.165) is 23.8 Å². The molecule has 1 aromatic heterocycles. The van der Waals surface area contributed by atoms with Crippen LogP contribution in [0.5, 0.6) is 0 Å². The monoisotopic (exact) mass is 271 g/mol. The summed E-state index contributed by atoms with van der Waals surface area (Å²) in [5, 5.41) is 7.32. The van der Waals surface area contributed by atoms with Gasteiger partial charge in [0.25, 0.3) is 0 Å². The molecule has 2 aliphatic heterocycles. The lowest BCUT2D eigenvalue weighted by molar-refractivity contribution is 0.349. The van der Waals surface area contributed by atoms with Gasteiger partial charge in [-0.2, -0.15) is 0 Å². The van der Waals surface area contributed by atoms with Crippen molar-refractivity contribution < 1.29 is 0 Å². The molecular weight excluding hydrogens is 254 g/mol. The summed E-state index contributed by atoms with van der Waals surface area (Å²) in [6, 6.07) is 2.09. The van der Waals surface area contributed by atoms with E-state index in [1.54, 1.807) is 11.3 Å². The highest BCUT2D eigenvalue weighted by atomic mass is 35.5. The minimum atomic E-state index is 0.625. The molecular formula is C12H18ClN3S. The Kier molecular flexibility index (Phi) is 3.28. The first-order chi connectivity index (χ1) is 8.26. The van der Waals surface area contributed by atoms with Crippen LogP contribution in [0.1, 0.15) is 32.6 Å². The van der Waals surface area contributed by atoms with Gasteiger partial charge in [0.2, 0.25) is 0 Å². The van der Waals surface area contributed by atoms with Crippen LogP contribution in [-0.4, -0.2) is 29.7 Å². The highest BCUT2D eigenvalue weighted by Crippen LogP contribution is 2.33. The second kappa shape index (κ2) is 4.75. The molecule has 1 aromatic rings. The van der Waals surface area contributed by atoms with Crippen LogP contribution in [0.4, 0.5) is 5.13 Å². The molecule has 1 N–H and O–H groups in total. The molecule has 2 saturated heterocycles. The van der Waals surface area contributed by atoms with Crippen LogP contribution >= 0.6 is 22.9 Å². The second-order valence-electron chi connectivity index (χ2n) is 5.00. The fourth-order valence-corrected chi connectivity index (χ4v) is 4.29. The van der Waals surface area contributed by atoms with Crippen LogP contribution in [0, 0.1) is 0 Å². The number of fused-ring (bicyclic) bond motifs is 2. The molecule has 2 atom stereocenters. The van der Waals surface area contributed by atoms with Gasteiger partial charge in [0.15, 0.2) is 5.13 Å². The molecule has 3 nitrogen and oxygen atoms in total. The molecule has 2 aliphatic rings. The SMILES string of the molecule is CCN(c1nc(Cl)cs1)C1CC2CCC(C1)N2. The molecule has 94 valence electrons. The lowest BCUT2D eigenvalue weighted by atomic mass is 9.98. The molecule has 3 rings (SSSR count). The van der Waals surface area contributed by atoms with Crippen LogP contribution in [0.2, 0.25) is 5.15 Å². The zero-order chi connectivity index (χ0) is 11.8. The molecule has 0 aliphatic carbocycles. The summed E-state index contributed by atoms with van der Waals surface area (Å²) < 4.78 is 0. The number of thiazole rings is 1. The number of rotatable bonds is 3. The fraction of sp³-hybridized carbons (Fsp3) is 0.750. The van der Waals surface area contributed by atoms with Gasteiger partial charge in [-0.1, -0.05) is 11.6 Å². The third-order valence-corrected chi connectivity index (χ3v) is 5.14. The predicted molar refractivity (Wildman–Crippen MR) is 73.1 cm³/mol. The molecule has 0 radical (unpaired) electrons. The van der Waals surface area contributed by atoms with E-state index in [2.05, 4.69) is 22.1 Å². The Hall–Kier alpha value is -0.320. The van der Waals surface area contributed by atoms with Crippen molar-refractivity contribution >= 4 is 28.1 Å². The van der Waals surface area contributed by atoms with Crippen molar-refractivity contribution in [1.29, 1.82) is 0 Å². The first kappa shape index (κ1) is 11.8. The van der Waals surface area contributed by atoms with Gasteiger partial charge in [-0.3, -0.25) is 0 Å². The topological polar surface area (TPSA) is 28.2 Å². The van der Waals surface area contributed by atoms with Gasteiger partial charge in [-0.05, 0) is 32.6 Å². The Bertz CT molecular complexity index is 383. The number of anilines is 1. The Labute approximate surface area is 111 Å². The summed E-state index contributed by atoms with van der Waals surface area (Å²) in [5.41, 5.74) is 0. The summed E-state index contributed by atoms with van der Waals surface area (Å²) in [6.07, 6.45) is 5.19. The van der Waals surface area contributed by atoms with Crippen molar-refractivity contribution in [2.75, 3.05) is 11.4 Å². The smallest absolute Gasteiger partial charge is 0.186 e. The molecule has 0 aromatic carbocycles.